The molecule has 4 nitrogen and oxygen atoms in total. The SMILES string of the molecule is CS[C@H](C)C(=O)N1CCC2(CCC(=O)N(CCc3ccccc3)C2)CC1. The Bertz CT molecular complexity index is 626. The van der Waals surface area contributed by atoms with Crippen LogP contribution < -0.4 is 0 Å². The second kappa shape index (κ2) is 8.47. The fourth-order valence-electron chi connectivity index (χ4n) is 4.18. The predicted octanol–water partition coefficient (Wildman–Crippen LogP) is 3.21. The van der Waals surface area contributed by atoms with Gasteiger partial charge in [0.15, 0.2) is 0 Å². The van der Waals surface area contributed by atoms with Gasteiger partial charge in [-0.15, -0.1) is 0 Å². The minimum Gasteiger partial charge on any atom is -0.342 e. The molecule has 0 aromatic heterocycles. The minimum absolute atomic E-state index is 0.0411. The van der Waals surface area contributed by atoms with E-state index in [0.717, 1.165) is 51.9 Å². The molecule has 0 N–H and O–H groups in total. The summed E-state index contributed by atoms with van der Waals surface area (Å²) in [5.41, 5.74) is 1.50. The van der Waals surface area contributed by atoms with Crippen LogP contribution in [0.4, 0.5) is 0 Å². The second-order valence-electron chi connectivity index (χ2n) is 7.75. The van der Waals surface area contributed by atoms with E-state index < -0.39 is 0 Å². The summed E-state index contributed by atoms with van der Waals surface area (Å²) >= 11 is 1.61. The molecular weight excluding hydrogens is 344 g/mol. The first-order chi connectivity index (χ1) is 12.5. The average molecular weight is 375 g/mol. The van der Waals surface area contributed by atoms with Gasteiger partial charge in [0.2, 0.25) is 11.8 Å². The van der Waals surface area contributed by atoms with Crippen LogP contribution >= 0.6 is 11.8 Å². The highest BCUT2D eigenvalue weighted by Gasteiger charge is 2.41. The molecule has 1 atom stereocenters. The van der Waals surface area contributed by atoms with Crippen LogP contribution in [0.25, 0.3) is 0 Å². The molecule has 1 aromatic carbocycles. The minimum atomic E-state index is 0.0411. The molecular formula is C21H30N2O2S. The molecule has 2 fully saturated rings. The van der Waals surface area contributed by atoms with E-state index in [1.807, 2.05) is 24.1 Å². The van der Waals surface area contributed by atoms with Crippen molar-refractivity contribution in [3.05, 3.63) is 35.9 Å². The van der Waals surface area contributed by atoms with Crippen molar-refractivity contribution in [1.29, 1.82) is 0 Å². The number of amides is 2. The summed E-state index contributed by atoms with van der Waals surface area (Å²) in [5, 5.41) is 0.0411. The van der Waals surface area contributed by atoms with E-state index in [0.29, 0.717) is 12.3 Å². The Morgan fingerprint density at radius 1 is 1.19 bits per heavy atom. The number of benzene rings is 1. The molecule has 5 heteroatoms. The van der Waals surface area contributed by atoms with E-state index in [1.54, 1.807) is 11.8 Å². The van der Waals surface area contributed by atoms with Crippen molar-refractivity contribution in [2.45, 2.75) is 44.3 Å². The van der Waals surface area contributed by atoms with Gasteiger partial charge in [-0.1, -0.05) is 30.3 Å². The first-order valence-corrected chi connectivity index (χ1v) is 11.0. The summed E-state index contributed by atoms with van der Waals surface area (Å²) in [5.74, 6) is 0.557. The van der Waals surface area contributed by atoms with Crippen LogP contribution in [-0.4, -0.2) is 59.3 Å². The van der Waals surface area contributed by atoms with Gasteiger partial charge in [0.1, 0.15) is 0 Å². The molecule has 0 unspecified atom stereocenters. The van der Waals surface area contributed by atoms with E-state index in [2.05, 4.69) is 29.2 Å². The molecule has 0 aliphatic carbocycles. The van der Waals surface area contributed by atoms with Gasteiger partial charge in [-0.25, -0.2) is 0 Å². The number of nitrogens with zero attached hydrogens (tertiary/aromatic N) is 2. The van der Waals surface area contributed by atoms with Crippen molar-refractivity contribution in [2.75, 3.05) is 32.4 Å². The van der Waals surface area contributed by atoms with E-state index in [-0.39, 0.29) is 16.6 Å². The van der Waals surface area contributed by atoms with Gasteiger partial charge >= 0.3 is 0 Å². The molecule has 26 heavy (non-hydrogen) atoms. The fraction of sp³-hybridized carbons (Fsp3) is 0.619. The van der Waals surface area contributed by atoms with Gasteiger partial charge in [-0.05, 0) is 49.8 Å². The Balaban J connectivity index is 1.56. The third-order valence-electron chi connectivity index (χ3n) is 6.10. The van der Waals surface area contributed by atoms with Crippen molar-refractivity contribution >= 4 is 23.6 Å². The summed E-state index contributed by atoms with van der Waals surface area (Å²) in [6, 6.07) is 10.4. The maximum atomic E-state index is 12.4. The van der Waals surface area contributed by atoms with E-state index in [1.165, 1.54) is 5.56 Å². The summed E-state index contributed by atoms with van der Waals surface area (Å²) in [6.07, 6.45) is 6.59. The third-order valence-corrected chi connectivity index (χ3v) is 7.01. The van der Waals surface area contributed by atoms with Crippen LogP contribution in [-0.2, 0) is 16.0 Å². The van der Waals surface area contributed by atoms with Crippen LogP contribution in [0.5, 0.6) is 0 Å². The highest BCUT2D eigenvalue weighted by molar-refractivity contribution is 7.99. The lowest BCUT2D eigenvalue weighted by atomic mass is 9.72. The largest absolute Gasteiger partial charge is 0.342 e. The lowest BCUT2D eigenvalue weighted by molar-refractivity contribution is -0.142. The van der Waals surface area contributed by atoms with Gasteiger partial charge in [-0.3, -0.25) is 9.59 Å². The zero-order chi connectivity index (χ0) is 18.6. The number of likely N-dealkylation sites (tertiary alicyclic amines) is 2. The number of thioether (sulfide) groups is 1. The second-order valence-corrected chi connectivity index (χ2v) is 8.93. The van der Waals surface area contributed by atoms with Crippen molar-refractivity contribution in [3.8, 4) is 0 Å². The number of hydrogen-bond donors (Lipinski definition) is 0. The van der Waals surface area contributed by atoms with E-state index >= 15 is 0 Å². The van der Waals surface area contributed by atoms with Gasteiger partial charge in [-0.2, -0.15) is 11.8 Å². The van der Waals surface area contributed by atoms with Crippen LogP contribution in [0, 0.1) is 5.41 Å². The van der Waals surface area contributed by atoms with Gasteiger partial charge in [0.25, 0.3) is 0 Å². The standard InChI is InChI=1S/C21H30N2O2S/c1-17(26-2)20(25)22-14-11-21(12-15-22)10-8-19(24)23(16-21)13-9-18-6-4-3-5-7-18/h3-7,17H,8-16H2,1-2H3/t17-/m1/s1. The highest BCUT2D eigenvalue weighted by atomic mass is 32.2. The van der Waals surface area contributed by atoms with E-state index in [4.69, 9.17) is 0 Å². The predicted molar refractivity (Wildman–Crippen MR) is 107 cm³/mol. The van der Waals surface area contributed by atoms with Crippen LogP contribution in [0.1, 0.15) is 38.2 Å². The number of hydrogen-bond acceptors (Lipinski definition) is 3. The Labute approximate surface area is 161 Å². The van der Waals surface area contributed by atoms with Gasteiger partial charge in [0, 0.05) is 32.6 Å². The van der Waals surface area contributed by atoms with Crippen LogP contribution in [0.2, 0.25) is 0 Å². The molecule has 1 aromatic rings. The number of carbonyl (C=O) groups excluding carboxylic acids is 2. The smallest absolute Gasteiger partial charge is 0.235 e. The van der Waals surface area contributed by atoms with Gasteiger partial charge in [0.05, 0.1) is 5.25 Å². The Kier molecular flexibility index (Phi) is 6.28. The molecule has 3 rings (SSSR count). The lowest BCUT2D eigenvalue weighted by Gasteiger charge is -2.47. The summed E-state index contributed by atoms with van der Waals surface area (Å²) in [7, 11) is 0. The quantitative estimate of drug-likeness (QED) is 0.795. The monoisotopic (exact) mass is 374 g/mol. The molecule has 0 bridgehead atoms. The molecule has 2 saturated heterocycles. The maximum Gasteiger partial charge on any atom is 0.235 e. The van der Waals surface area contributed by atoms with Crippen molar-refractivity contribution in [3.63, 3.8) is 0 Å². The summed E-state index contributed by atoms with van der Waals surface area (Å²) < 4.78 is 0. The van der Waals surface area contributed by atoms with Crippen molar-refractivity contribution in [2.24, 2.45) is 5.41 Å². The number of rotatable bonds is 5. The molecule has 2 heterocycles. The van der Waals surface area contributed by atoms with Crippen molar-refractivity contribution in [1.82, 2.24) is 9.80 Å². The lowest BCUT2D eigenvalue weighted by Crippen LogP contribution is -2.53. The first kappa shape index (κ1) is 19.3. The van der Waals surface area contributed by atoms with Crippen LogP contribution in [0.3, 0.4) is 0 Å². The Hall–Kier alpha value is -1.49. The highest BCUT2D eigenvalue weighted by Crippen LogP contribution is 2.40. The number of piperidine rings is 2. The summed E-state index contributed by atoms with van der Waals surface area (Å²) in [6.45, 7) is 5.33. The normalized spacial score (nSPS) is 21.1. The van der Waals surface area contributed by atoms with Crippen LogP contribution in [0.15, 0.2) is 30.3 Å². The molecule has 1 spiro atoms. The topological polar surface area (TPSA) is 40.6 Å². The Morgan fingerprint density at radius 3 is 2.54 bits per heavy atom. The molecule has 2 aliphatic heterocycles. The maximum absolute atomic E-state index is 12.4. The van der Waals surface area contributed by atoms with E-state index in [9.17, 15) is 9.59 Å². The zero-order valence-electron chi connectivity index (χ0n) is 15.9. The third kappa shape index (κ3) is 4.43. The van der Waals surface area contributed by atoms with Gasteiger partial charge < -0.3 is 9.80 Å². The Morgan fingerprint density at radius 2 is 1.88 bits per heavy atom. The molecule has 0 radical (unpaired) electrons. The fourth-order valence-corrected chi connectivity index (χ4v) is 4.53. The summed E-state index contributed by atoms with van der Waals surface area (Å²) in [4.78, 5) is 28.9. The number of carbonyl (C=O) groups is 2. The molecule has 142 valence electrons. The van der Waals surface area contributed by atoms with Crippen molar-refractivity contribution < 1.29 is 9.59 Å². The molecule has 0 saturated carbocycles. The molecule has 2 aliphatic rings. The average Bonchev–Trinajstić information content (AvgIpc) is 2.69. The first-order valence-electron chi connectivity index (χ1n) is 9.66. The zero-order valence-corrected chi connectivity index (χ0v) is 16.8. The molecule has 2 amide bonds.